The Morgan fingerprint density at radius 3 is 2.95 bits per heavy atom. The van der Waals surface area contributed by atoms with Crippen molar-refractivity contribution in [1.82, 2.24) is 10.2 Å². The first-order valence-electron chi connectivity index (χ1n) is 5.98. The molecule has 1 fully saturated rings. The van der Waals surface area contributed by atoms with Gasteiger partial charge in [-0.25, -0.2) is 4.39 Å². The molecule has 1 aromatic rings. The van der Waals surface area contributed by atoms with Crippen molar-refractivity contribution < 1.29 is 14.0 Å². The Hall–Kier alpha value is -1.62. The van der Waals surface area contributed by atoms with Crippen LogP contribution in [0.4, 0.5) is 4.39 Å². The normalized spacial score (nSPS) is 19.4. The molecule has 2 amide bonds. The molecule has 1 aliphatic rings. The molecule has 0 unspecified atom stereocenters. The van der Waals surface area contributed by atoms with E-state index in [-0.39, 0.29) is 29.0 Å². The molecule has 19 heavy (non-hydrogen) atoms. The average Bonchev–Trinajstić information content (AvgIpc) is 2.37. The minimum absolute atomic E-state index is 0.0121. The van der Waals surface area contributed by atoms with E-state index in [1.807, 2.05) is 0 Å². The number of hydrogen-bond acceptors (Lipinski definition) is 2. The van der Waals surface area contributed by atoms with Gasteiger partial charge in [0.15, 0.2) is 0 Å². The van der Waals surface area contributed by atoms with Crippen LogP contribution in [-0.4, -0.2) is 36.3 Å². The summed E-state index contributed by atoms with van der Waals surface area (Å²) in [4.78, 5) is 25.1. The summed E-state index contributed by atoms with van der Waals surface area (Å²) < 4.78 is 13.3. The lowest BCUT2D eigenvalue weighted by atomic mass is 10.0. The van der Waals surface area contributed by atoms with E-state index in [4.69, 9.17) is 11.6 Å². The molecule has 1 aliphatic heterocycles. The van der Waals surface area contributed by atoms with E-state index < -0.39 is 11.7 Å². The highest BCUT2D eigenvalue weighted by molar-refractivity contribution is 6.34. The lowest BCUT2D eigenvalue weighted by molar-refractivity contribution is -0.132. The lowest BCUT2D eigenvalue weighted by Gasteiger charge is -2.29. The molecule has 0 bridgehead atoms. The third-order valence-electron chi connectivity index (χ3n) is 3.19. The fourth-order valence-electron chi connectivity index (χ4n) is 2.01. The molecule has 1 N–H and O–H groups in total. The zero-order valence-corrected chi connectivity index (χ0v) is 11.2. The summed E-state index contributed by atoms with van der Waals surface area (Å²) in [5, 5.41) is 2.52. The summed E-state index contributed by atoms with van der Waals surface area (Å²) >= 11 is 5.75. The first kappa shape index (κ1) is 13.8. The van der Waals surface area contributed by atoms with E-state index >= 15 is 0 Å². The number of carbonyl (C=O) groups excluding carboxylic acids is 2. The van der Waals surface area contributed by atoms with Crippen molar-refractivity contribution in [3.8, 4) is 0 Å². The van der Waals surface area contributed by atoms with Gasteiger partial charge in [0.1, 0.15) is 5.82 Å². The predicted octanol–water partition coefficient (Wildman–Crippen LogP) is 1.83. The molecule has 6 heteroatoms. The van der Waals surface area contributed by atoms with Crippen LogP contribution in [0.2, 0.25) is 5.02 Å². The second-order valence-electron chi connectivity index (χ2n) is 4.58. The van der Waals surface area contributed by atoms with Crippen molar-refractivity contribution >= 4 is 23.4 Å². The second-order valence-corrected chi connectivity index (χ2v) is 4.96. The van der Waals surface area contributed by atoms with Crippen LogP contribution in [0, 0.1) is 5.82 Å². The lowest BCUT2D eigenvalue weighted by Crippen LogP contribution is -2.46. The summed E-state index contributed by atoms with van der Waals surface area (Å²) in [6, 6.07) is 3.85. The van der Waals surface area contributed by atoms with Gasteiger partial charge in [-0.05, 0) is 18.6 Å². The van der Waals surface area contributed by atoms with Crippen LogP contribution in [0.1, 0.15) is 23.2 Å². The minimum Gasteiger partial charge on any atom is -0.349 e. The Balaban J connectivity index is 2.05. The van der Waals surface area contributed by atoms with Gasteiger partial charge in [-0.3, -0.25) is 9.59 Å². The van der Waals surface area contributed by atoms with Crippen molar-refractivity contribution in [3.63, 3.8) is 0 Å². The standard InChI is InChI=1S/C13H14ClFN2O2/c1-17-6-5-8(7-11(17)18)16-13(19)9-3-2-4-10(15)12(9)14/h2-4,8H,5-7H2,1H3,(H,16,19)/t8-/m0/s1. The van der Waals surface area contributed by atoms with E-state index in [1.165, 1.54) is 18.2 Å². The van der Waals surface area contributed by atoms with E-state index in [0.29, 0.717) is 13.0 Å². The number of amides is 2. The number of nitrogens with one attached hydrogen (secondary N) is 1. The number of piperidine rings is 1. The Bertz CT molecular complexity index is 521. The van der Waals surface area contributed by atoms with Crippen molar-refractivity contribution in [3.05, 3.63) is 34.6 Å². The van der Waals surface area contributed by atoms with Crippen molar-refractivity contribution in [2.24, 2.45) is 0 Å². The van der Waals surface area contributed by atoms with Crippen molar-refractivity contribution in [2.45, 2.75) is 18.9 Å². The Labute approximate surface area is 115 Å². The Morgan fingerprint density at radius 1 is 1.53 bits per heavy atom. The van der Waals surface area contributed by atoms with Gasteiger partial charge in [-0.1, -0.05) is 17.7 Å². The van der Waals surface area contributed by atoms with Crippen LogP contribution in [-0.2, 0) is 4.79 Å². The van der Waals surface area contributed by atoms with Gasteiger partial charge < -0.3 is 10.2 Å². The van der Waals surface area contributed by atoms with Gasteiger partial charge in [0, 0.05) is 26.1 Å². The van der Waals surface area contributed by atoms with Crippen LogP contribution < -0.4 is 5.32 Å². The molecule has 0 radical (unpaired) electrons. The van der Waals surface area contributed by atoms with Gasteiger partial charge in [0.25, 0.3) is 5.91 Å². The molecule has 1 heterocycles. The number of likely N-dealkylation sites (tertiary alicyclic amines) is 1. The zero-order chi connectivity index (χ0) is 14.0. The Kier molecular flexibility index (Phi) is 4.04. The molecular weight excluding hydrogens is 271 g/mol. The second kappa shape index (κ2) is 5.57. The average molecular weight is 285 g/mol. The highest BCUT2D eigenvalue weighted by atomic mass is 35.5. The maximum atomic E-state index is 13.3. The molecular formula is C13H14ClFN2O2. The van der Waals surface area contributed by atoms with Crippen molar-refractivity contribution in [2.75, 3.05) is 13.6 Å². The quantitative estimate of drug-likeness (QED) is 0.901. The van der Waals surface area contributed by atoms with E-state index in [9.17, 15) is 14.0 Å². The molecule has 102 valence electrons. The minimum atomic E-state index is -0.631. The summed E-state index contributed by atoms with van der Waals surface area (Å²) in [5.41, 5.74) is 0.0908. The Morgan fingerprint density at radius 2 is 2.26 bits per heavy atom. The summed E-state index contributed by atoms with van der Waals surface area (Å²) in [6.07, 6.45) is 0.941. The van der Waals surface area contributed by atoms with Crippen LogP contribution in [0.5, 0.6) is 0 Å². The topological polar surface area (TPSA) is 49.4 Å². The molecule has 1 saturated heterocycles. The molecule has 4 nitrogen and oxygen atoms in total. The SMILES string of the molecule is CN1CC[C@H](NC(=O)c2cccc(F)c2Cl)CC1=O. The van der Waals surface area contributed by atoms with E-state index in [2.05, 4.69) is 5.32 Å². The van der Waals surface area contributed by atoms with Gasteiger partial charge in [0.05, 0.1) is 10.6 Å². The van der Waals surface area contributed by atoms with Crippen LogP contribution in [0.3, 0.4) is 0 Å². The molecule has 1 aromatic carbocycles. The smallest absolute Gasteiger partial charge is 0.253 e. The maximum absolute atomic E-state index is 13.3. The number of hydrogen-bond donors (Lipinski definition) is 1. The largest absolute Gasteiger partial charge is 0.349 e. The molecule has 0 spiro atoms. The number of rotatable bonds is 2. The molecule has 0 aliphatic carbocycles. The number of halogens is 2. The van der Waals surface area contributed by atoms with E-state index in [1.54, 1.807) is 11.9 Å². The third-order valence-corrected chi connectivity index (χ3v) is 3.58. The van der Waals surface area contributed by atoms with Gasteiger partial charge in [-0.2, -0.15) is 0 Å². The summed E-state index contributed by atoms with van der Waals surface area (Å²) in [5.74, 6) is -1.09. The zero-order valence-electron chi connectivity index (χ0n) is 10.5. The highest BCUT2D eigenvalue weighted by Crippen LogP contribution is 2.20. The summed E-state index contributed by atoms with van der Waals surface area (Å²) in [7, 11) is 1.73. The van der Waals surface area contributed by atoms with Gasteiger partial charge in [0.2, 0.25) is 5.91 Å². The van der Waals surface area contributed by atoms with Gasteiger partial charge >= 0.3 is 0 Å². The van der Waals surface area contributed by atoms with Gasteiger partial charge in [-0.15, -0.1) is 0 Å². The predicted molar refractivity (Wildman–Crippen MR) is 69.5 cm³/mol. The monoisotopic (exact) mass is 284 g/mol. The molecule has 1 atom stereocenters. The highest BCUT2D eigenvalue weighted by Gasteiger charge is 2.25. The molecule has 0 aromatic heterocycles. The third kappa shape index (κ3) is 3.04. The maximum Gasteiger partial charge on any atom is 0.253 e. The first-order valence-corrected chi connectivity index (χ1v) is 6.35. The van der Waals surface area contributed by atoms with Crippen LogP contribution >= 0.6 is 11.6 Å². The number of nitrogens with zero attached hydrogens (tertiary/aromatic N) is 1. The van der Waals surface area contributed by atoms with Crippen molar-refractivity contribution in [1.29, 1.82) is 0 Å². The fourth-order valence-corrected chi connectivity index (χ4v) is 2.22. The number of carbonyl (C=O) groups is 2. The number of benzene rings is 1. The molecule has 0 saturated carbocycles. The first-order chi connectivity index (χ1) is 8.99. The van der Waals surface area contributed by atoms with E-state index in [0.717, 1.165) is 0 Å². The van der Waals surface area contributed by atoms with Crippen LogP contribution in [0.15, 0.2) is 18.2 Å². The summed E-state index contributed by atoms with van der Waals surface area (Å²) in [6.45, 7) is 0.598. The molecule has 2 rings (SSSR count). The van der Waals surface area contributed by atoms with Crippen LogP contribution in [0.25, 0.3) is 0 Å². The fraction of sp³-hybridized carbons (Fsp3) is 0.385.